The zero-order chi connectivity index (χ0) is 14.7. The van der Waals surface area contributed by atoms with E-state index in [2.05, 4.69) is 0 Å². The van der Waals surface area contributed by atoms with Crippen LogP contribution in [0.5, 0.6) is 0 Å². The van der Waals surface area contributed by atoms with Gasteiger partial charge in [-0.15, -0.1) is 0 Å². The number of nitrogens with zero attached hydrogens (tertiary/aromatic N) is 1. The zero-order valence-corrected chi connectivity index (χ0v) is 11.6. The molecule has 1 saturated heterocycles. The molecule has 2 fully saturated rings. The maximum atomic E-state index is 11.2. The molecular formula is C14H21NO5. The highest BCUT2D eigenvalue weighted by Gasteiger charge is 2.41. The van der Waals surface area contributed by atoms with Gasteiger partial charge in [0, 0.05) is 6.08 Å². The summed E-state index contributed by atoms with van der Waals surface area (Å²) in [5, 5.41) is 19.5. The molecule has 1 N–H and O–H groups in total. The van der Waals surface area contributed by atoms with E-state index in [9.17, 15) is 20.0 Å². The number of carboxylic acid groups (broad SMARTS) is 1. The second-order valence-corrected chi connectivity index (χ2v) is 5.82. The van der Waals surface area contributed by atoms with Crippen LogP contribution < -0.4 is 0 Å². The molecule has 1 heterocycles. The Morgan fingerprint density at radius 2 is 2.10 bits per heavy atom. The maximum absolute atomic E-state index is 11.2. The monoisotopic (exact) mass is 283 g/mol. The van der Waals surface area contributed by atoms with Gasteiger partial charge in [0.2, 0.25) is 6.20 Å². The molecular weight excluding hydrogens is 262 g/mol. The Morgan fingerprint density at radius 3 is 2.75 bits per heavy atom. The van der Waals surface area contributed by atoms with Crippen LogP contribution in [0.3, 0.4) is 0 Å². The van der Waals surface area contributed by atoms with Crippen LogP contribution in [0.2, 0.25) is 0 Å². The minimum Gasteiger partial charge on any atom is -0.481 e. The molecule has 6 heteroatoms. The maximum Gasteiger partial charge on any atom is 0.306 e. The van der Waals surface area contributed by atoms with E-state index in [-0.39, 0.29) is 30.0 Å². The Morgan fingerprint density at radius 1 is 1.35 bits per heavy atom. The van der Waals surface area contributed by atoms with E-state index in [1.54, 1.807) is 0 Å². The lowest BCUT2D eigenvalue weighted by molar-refractivity contribution is -0.403. The first-order valence-electron chi connectivity index (χ1n) is 7.19. The van der Waals surface area contributed by atoms with Gasteiger partial charge in [0.1, 0.15) is 0 Å². The molecule has 0 aromatic heterocycles. The molecule has 0 aromatic carbocycles. The van der Waals surface area contributed by atoms with Gasteiger partial charge in [-0.3, -0.25) is 14.9 Å². The van der Waals surface area contributed by atoms with Gasteiger partial charge in [-0.2, -0.15) is 0 Å². The van der Waals surface area contributed by atoms with E-state index in [1.807, 2.05) is 6.92 Å². The Bertz CT molecular complexity index is 408. The van der Waals surface area contributed by atoms with E-state index >= 15 is 0 Å². The Hall–Kier alpha value is -1.43. The van der Waals surface area contributed by atoms with Crippen LogP contribution in [0.25, 0.3) is 0 Å². The van der Waals surface area contributed by atoms with Gasteiger partial charge in [0.05, 0.1) is 23.0 Å². The molecule has 0 aromatic rings. The van der Waals surface area contributed by atoms with Crippen molar-refractivity contribution in [3.8, 4) is 0 Å². The molecule has 1 saturated carbocycles. The SMILES string of the molecule is CC1C(C(=O)O)CCCC1C1CCC(/C=C/[N+](=O)[O-])O1. The van der Waals surface area contributed by atoms with Crippen LogP contribution in [-0.2, 0) is 9.53 Å². The predicted molar refractivity (Wildman–Crippen MR) is 71.7 cm³/mol. The number of aliphatic carboxylic acids is 1. The highest BCUT2D eigenvalue weighted by molar-refractivity contribution is 5.70. The molecule has 2 rings (SSSR count). The molecule has 0 radical (unpaired) electrons. The van der Waals surface area contributed by atoms with Crippen LogP contribution in [-0.4, -0.2) is 28.2 Å². The number of ether oxygens (including phenoxy) is 1. The summed E-state index contributed by atoms with van der Waals surface area (Å²) in [6.45, 7) is 1.99. The lowest BCUT2D eigenvalue weighted by Gasteiger charge is -2.37. The van der Waals surface area contributed by atoms with Crippen molar-refractivity contribution < 1.29 is 19.6 Å². The zero-order valence-electron chi connectivity index (χ0n) is 11.6. The highest BCUT2D eigenvalue weighted by Crippen LogP contribution is 2.41. The van der Waals surface area contributed by atoms with E-state index in [4.69, 9.17) is 4.74 Å². The van der Waals surface area contributed by atoms with Crippen LogP contribution in [0.1, 0.15) is 39.0 Å². The molecule has 6 nitrogen and oxygen atoms in total. The molecule has 5 unspecified atom stereocenters. The minimum absolute atomic E-state index is 0.0357. The fourth-order valence-electron chi connectivity index (χ4n) is 3.58. The first-order valence-corrected chi connectivity index (χ1v) is 7.19. The number of carbonyl (C=O) groups is 1. The fourth-order valence-corrected chi connectivity index (χ4v) is 3.58. The molecule has 20 heavy (non-hydrogen) atoms. The number of hydrogen-bond donors (Lipinski definition) is 1. The summed E-state index contributed by atoms with van der Waals surface area (Å²) in [7, 11) is 0. The fraction of sp³-hybridized carbons (Fsp3) is 0.786. The quantitative estimate of drug-likeness (QED) is 0.632. The van der Waals surface area contributed by atoms with Crippen LogP contribution in [0.15, 0.2) is 12.3 Å². The van der Waals surface area contributed by atoms with E-state index < -0.39 is 10.9 Å². The average Bonchev–Trinajstić information content (AvgIpc) is 2.85. The molecule has 2 aliphatic rings. The van der Waals surface area contributed by atoms with Gasteiger partial charge in [-0.1, -0.05) is 13.3 Å². The highest BCUT2D eigenvalue weighted by atomic mass is 16.6. The van der Waals surface area contributed by atoms with Crippen LogP contribution in [0.4, 0.5) is 0 Å². The standard InChI is InChI=1S/C14H21NO5/c1-9-11(3-2-4-12(9)14(16)17)13-6-5-10(20-13)7-8-15(18)19/h7-13H,2-6H2,1H3,(H,16,17)/b8-7+. The molecule has 0 amide bonds. The normalized spacial score (nSPS) is 38.1. The third-order valence-electron chi connectivity index (χ3n) is 4.67. The van der Waals surface area contributed by atoms with Crippen LogP contribution in [0, 0.1) is 27.9 Å². The summed E-state index contributed by atoms with van der Waals surface area (Å²) in [6.07, 6.45) is 6.52. The van der Waals surface area contributed by atoms with Crippen molar-refractivity contribution in [1.82, 2.24) is 0 Å². The summed E-state index contributed by atoms with van der Waals surface area (Å²) in [5.41, 5.74) is 0. The summed E-state index contributed by atoms with van der Waals surface area (Å²) in [4.78, 5) is 21.1. The van der Waals surface area contributed by atoms with Crippen LogP contribution >= 0.6 is 0 Å². The summed E-state index contributed by atoms with van der Waals surface area (Å²) < 4.78 is 5.87. The number of nitro groups is 1. The molecule has 1 aliphatic heterocycles. The van der Waals surface area contributed by atoms with Crippen molar-refractivity contribution in [3.05, 3.63) is 22.4 Å². The Kier molecular flexibility index (Phi) is 4.75. The van der Waals surface area contributed by atoms with Gasteiger partial charge < -0.3 is 9.84 Å². The van der Waals surface area contributed by atoms with Crippen molar-refractivity contribution in [2.75, 3.05) is 0 Å². The number of rotatable bonds is 4. The van der Waals surface area contributed by atoms with Crippen molar-refractivity contribution in [2.24, 2.45) is 17.8 Å². The van der Waals surface area contributed by atoms with Crippen molar-refractivity contribution >= 4 is 5.97 Å². The lowest BCUT2D eigenvalue weighted by atomic mass is 9.70. The molecule has 1 aliphatic carbocycles. The average molecular weight is 283 g/mol. The Balaban J connectivity index is 1.95. The summed E-state index contributed by atoms with van der Waals surface area (Å²) in [5.74, 6) is -0.654. The first-order chi connectivity index (χ1) is 9.49. The third-order valence-corrected chi connectivity index (χ3v) is 4.67. The molecule has 0 bridgehead atoms. The van der Waals surface area contributed by atoms with Gasteiger partial charge >= 0.3 is 5.97 Å². The molecule has 112 valence electrons. The predicted octanol–water partition coefficient (Wildman–Crippen LogP) is 2.46. The van der Waals surface area contributed by atoms with Gasteiger partial charge in [0.15, 0.2) is 0 Å². The smallest absolute Gasteiger partial charge is 0.306 e. The molecule has 0 spiro atoms. The summed E-state index contributed by atoms with van der Waals surface area (Å²) in [6, 6.07) is 0. The Labute approximate surface area is 118 Å². The van der Waals surface area contributed by atoms with Crippen molar-refractivity contribution in [1.29, 1.82) is 0 Å². The second kappa shape index (κ2) is 6.35. The van der Waals surface area contributed by atoms with Gasteiger partial charge in [-0.25, -0.2) is 0 Å². The van der Waals surface area contributed by atoms with E-state index in [0.717, 1.165) is 38.3 Å². The van der Waals surface area contributed by atoms with Crippen molar-refractivity contribution in [3.63, 3.8) is 0 Å². The number of hydrogen-bond acceptors (Lipinski definition) is 4. The van der Waals surface area contributed by atoms with Gasteiger partial charge in [-0.05, 0) is 37.5 Å². The second-order valence-electron chi connectivity index (χ2n) is 5.82. The minimum atomic E-state index is -0.718. The third kappa shape index (κ3) is 3.36. The lowest BCUT2D eigenvalue weighted by Crippen LogP contribution is -2.37. The first kappa shape index (κ1) is 15.0. The number of carboxylic acids is 1. The molecule has 5 atom stereocenters. The summed E-state index contributed by atoms with van der Waals surface area (Å²) >= 11 is 0. The largest absolute Gasteiger partial charge is 0.481 e. The topological polar surface area (TPSA) is 89.7 Å². The van der Waals surface area contributed by atoms with Crippen molar-refractivity contribution in [2.45, 2.75) is 51.2 Å². The van der Waals surface area contributed by atoms with Gasteiger partial charge in [0.25, 0.3) is 0 Å². The van der Waals surface area contributed by atoms with E-state index in [1.165, 1.54) is 6.08 Å². The van der Waals surface area contributed by atoms with E-state index in [0.29, 0.717) is 0 Å².